The Morgan fingerprint density at radius 2 is 1.75 bits per heavy atom. The number of rotatable bonds is 7. The van der Waals surface area contributed by atoms with Crippen molar-refractivity contribution in [1.29, 1.82) is 0 Å². The summed E-state index contributed by atoms with van der Waals surface area (Å²) in [4.78, 5) is 16.4. The lowest BCUT2D eigenvalue weighted by Gasteiger charge is -2.24. The lowest BCUT2D eigenvalue weighted by Crippen LogP contribution is -2.38. The van der Waals surface area contributed by atoms with Gasteiger partial charge in [0.25, 0.3) is 5.91 Å². The molecule has 1 amide bonds. The number of aromatic hydroxyl groups is 1. The maximum Gasteiger partial charge on any atom is 0.253 e. The molecule has 2 N–H and O–H groups in total. The van der Waals surface area contributed by atoms with Crippen LogP contribution in [0.15, 0.2) is 48.5 Å². The highest BCUT2D eigenvalue weighted by Gasteiger charge is 2.16. The van der Waals surface area contributed by atoms with Crippen LogP contribution in [0.1, 0.15) is 10.4 Å². The molecule has 0 bridgehead atoms. The van der Waals surface area contributed by atoms with E-state index in [1.54, 1.807) is 35.2 Å². The first-order valence-corrected chi connectivity index (χ1v) is 7.96. The molecular formula is C19H24N2O3. The maximum absolute atomic E-state index is 12.7. The highest BCUT2D eigenvalue weighted by Crippen LogP contribution is 2.29. The molecule has 2 aromatic carbocycles. The van der Waals surface area contributed by atoms with Crippen LogP contribution in [0.5, 0.6) is 5.75 Å². The molecule has 2 aromatic rings. The number of phenols is 1. The zero-order valence-electron chi connectivity index (χ0n) is 14.1. The van der Waals surface area contributed by atoms with Gasteiger partial charge in [-0.25, -0.2) is 0 Å². The molecule has 5 nitrogen and oxygen atoms in total. The van der Waals surface area contributed by atoms with E-state index in [0.29, 0.717) is 24.2 Å². The van der Waals surface area contributed by atoms with Crippen LogP contribution in [-0.2, 0) is 0 Å². The van der Waals surface area contributed by atoms with E-state index in [1.807, 2.05) is 37.2 Å². The van der Waals surface area contributed by atoms with Crippen molar-refractivity contribution >= 4 is 5.91 Å². The lowest BCUT2D eigenvalue weighted by molar-refractivity contribution is 0.0710. The molecule has 0 saturated carbocycles. The Morgan fingerprint density at radius 3 is 2.42 bits per heavy atom. The average molecular weight is 328 g/mol. The molecule has 128 valence electrons. The number of aliphatic hydroxyl groups is 1. The van der Waals surface area contributed by atoms with Gasteiger partial charge in [0.1, 0.15) is 5.75 Å². The molecule has 5 heteroatoms. The zero-order valence-corrected chi connectivity index (χ0v) is 14.1. The second-order valence-corrected chi connectivity index (χ2v) is 5.92. The summed E-state index contributed by atoms with van der Waals surface area (Å²) < 4.78 is 0. The highest BCUT2D eigenvalue weighted by atomic mass is 16.3. The van der Waals surface area contributed by atoms with Crippen LogP contribution in [0.4, 0.5) is 0 Å². The number of benzene rings is 2. The highest BCUT2D eigenvalue weighted by molar-refractivity contribution is 5.95. The fourth-order valence-corrected chi connectivity index (χ4v) is 2.48. The minimum absolute atomic E-state index is 0.0711. The summed E-state index contributed by atoms with van der Waals surface area (Å²) in [6.45, 7) is 1.50. The summed E-state index contributed by atoms with van der Waals surface area (Å²) in [5, 5.41) is 19.2. The van der Waals surface area contributed by atoms with Gasteiger partial charge in [0.05, 0.1) is 6.61 Å². The molecule has 0 atom stereocenters. The van der Waals surface area contributed by atoms with Crippen LogP contribution in [-0.4, -0.2) is 66.3 Å². The van der Waals surface area contributed by atoms with Crippen molar-refractivity contribution in [2.75, 3.05) is 40.3 Å². The third kappa shape index (κ3) is 4.57. The Labute approximate surface area is 142 Å². The van der Waals surface area contributed by atoms with E-state index in [-0.39, 0.29) is 18.3 Å². The van der Waals surface area contributed by atoms with Gasteiger partial charge in [-0.3, -0.25) is 4.79 Å². The van der Waals surface area contributed by atoms with Crippen LogP contribution in [0, 0.1) is 0 Å². The van der Waals surface area contributed by atoms with E-state index in [1.165, 1.54) is 0 Å². The first-order valence-electron chi connectivity index (χ1n) is 7.96. The lowest BCUT2D eigenvalue weighted by atomic mass is 10.0. The Bertz CT molecular complexity index is 686. The van der Waals surface area contributed by atoms with Gasteiger partial charge in [0, 0.05) is 30.8 Å². The van der Waals surface area contributed by atoms with Gasteiger partial charge in [-0.15, -0.1) is 0 Å². The van der Waals surface area contributed by atoms with E-state index in [0.717, 1.165) is 12.1 Å². The minimum Gasteiger partial charge on any atom is -0.507 e. The quantitative estimate of drug-likeness (QED) is 0.816. The van der Waals surface area contributed by atoms with Crippen LogP contribution >= 0.6 is 0 Å². The van der Waals surface area contributed by atoms with Gasteiger partial charge in [-0.1, -0.05) is 30.3 Å². The molecule has 24 heavy (non-hydrogen) atoms. The summed E-state index contributed by atoms with van der Waals surface area (Å²) in [7, 11) is 3.89. The van der Waals surface area contributed by atoms with Crippen LogP contribution in [0.25, 0.3) is 11.1 Å². The van der Waals surface area contributed by atoms with Gasteiger partial charge in [-0.2, -0.15) is 0 Å². The normalized spacial score (nSPS) is 10.8. The van der Waals surface area contributed by atoms with Crippen molar-refractivity contribution in [1.82, 2.24) is 9.80 Å². The summed E-state index contributed by atoms with van der Waals surface area (Å²) in [5.41, 5.74) is 2.02. The first kappa shape index (κ1) is 18.0. The number of hydrogen-bond acceptors (Lipinski definition) is 4. The molecule has 0 unspecified atom stereocenters. The maximum atomic E-state index is 12.7. The Morgan fingerprint density at radius 1 is 1.00 bits per heavy atom. The molecule has 0 radical (unpaired) electrons. The third-order valence-corrected chi connectivity index (χ3v) is 3.80. The fraction of sp³-hybridized carbons (Fsp3) is 0.316. The Kier molecular flexibility index (Phi) is 6.35. The predicted molar refractivity (Wildman–Crippen MR) is 95.1 cm³/mol. The summed E-state index contributed by atoms with van der Waals surface area (Å²) in [5.74, 6) is 0.0603. The molecule has 0 spiro atoms. The molecule has 0 saturated heterocycles. The van der Waals surface area contributed by atoms with E-state index in [2.05, 4.69) is 0 Å². The molecule has 0 fully saturated rings. The van der Waals surface area contributed by atoms with Crippen molar-refractivity contribution in [2.45, 2.75) is 0 Å². The minimum atomic E-state index is -0.122. The van der Waals surface area contributed by atoms with Crippen molar-refractivity contribution in [2.24, 2.45) is 0 Å². The molecule has 0 aliphatic carbocycles. The predicted octanol–water partition coefficient (Wildman–Crippen LogP) is 2.06. The molecule has 2 rings (SSSR count). The average Bonchev–Trinajstić information content (AvgIpc) is 2.58. The number of carbonyl (C=O) groups excluding carboxylic acids is 1. The van der Waals surface area contributed by atoms with Crippen LogP contribution < -0.4 is 0 Å². The zero-order chi connectivity index (χ0) is 17.5. The third-order valence-electron chi connectivity index (χ3n) is 3.80. The van der Waals surface area contributed by atoms with E-state index in [4.69, 9.17) is 0 Å². The first-order chi connectivity index (χ1) is 11.5. The van der Waals surface area contributed by atoms with Crippen molar-refractivity contribution in [3.63, 3.8) is 0 Å². The van der Waals surface area contributed by atoms with Gasteiger partial charge in [0.15, 0.2) is 0 Å². The summed E-state index contributed by atoms with van der Waals surface area (Å²) in [6, 6.07) is 14.2. The Balaban J connectivity index is 2.25. The van der Waals surface area contributed by atoms with E-state index < -0.39 is 0 Å². The second-order valence-electron chi connectivity index (χ2n) is 5.92. The van der Waals surface area contributed by atoms with Gasteiger partial charge in [-0.05, 0) is 37.9 Å². The summed E-state index contributed by atoms with van der Waals surface area (Å²) >= 11 is 0. The van der Waals surface area contributed by atoms with Gasteiger partial charge < -0.3 is 20.0 Å². The number of carbonyl (C=O) groups is 1. The van der Waals surface area contributed by atoms with E-state index in [9.17, 15) is 15.0 Å². The SMILES string of the molecule is CN(C)CCN(CCO)C(=O)c1cccc(-c2ccccc2O)c1. The number of likely N-dealkylation sites (N-methyl/N-ethyl adjacent to an activating group) is 1. The molecule has 0 aliphatic rings. The van der Waals surface area contributed by atoms with Crippen molar-refractivity contribution in [3.8, 4) is 16.9 Å². The largest absolute Gasteiger partial charge is 0.507 e. The molecule has 0 aliphatic heterocycles. The van der Waals surface area contributed by atoms with Crippen LogP contribution in [0.2, 0.25) is 0 Å². The molecular weight excluding hydrogens is 304 g/mol. The Hall–Kier alpha value is -2.37. The van der Waals surface area contributed by atoms with Gasteiger partial charge in [0.2, 0.25) is 0 Å². The van der Waals surface area contributed by atoms with Crippen molar-refractivity contribution in [3.05, 3.63) is 54.1 Å². The monoisotopic (exact) mass is 328 g/mol. The van der Waals surface area contributed by atoms with E-state index >= 15 is 0 Å². The van der Waals surface area contributed by atoms with Crippen LogP contribution in [0.3, 0.4) is 0 Å². The number of phenolic OH excluding ortho intramolecular Hbond substituents is 1. The topological polar surface area (TPSA) is 64.0 Å². The number of hydrogen-bond donors (Lipinski definition) is 2. The van der Waals surface area contributed by atoms with Crippen molar-refractivity contribution < 1.29 is 15.0 Å². The number of para-hydroxylation sites is 1. The second kappa shape index (κ2) is 8.47. The summed E-state index contributed by atoms with van der Waals surface area (Å²) in [6.07, 6.45) is 0. The number of aliphatic hydroxyl groups excluding tert-OH is 1. The van der Waals surface area contributed by atoms with Gasteiger partial charge >= 0.3 is 0 Å². The molecule has 0 heterocycles. The smallest absolute Gasteiger partial charge is 0.253 e. The standard InChI is InChI=1S/C19H24N2O3/c1-20(2)10-11-21(12-13-22)19(24)16-7-5-6-15(14-16)17-8-3-4-9-18(17)23/h3-9,14,22-23H,10-13H2,1-2H3. The fourth-order valence-electron chi connectivity index (χ4n) is 2.48. The number of nitrogens with zero attached hydrogens (tertiary/aromatic N) is 2. The number of amides is 1. The molecule has 0 aromatic heterocycles.